The number of ether oxygens (including phenoxy) is 1. The predicted octanol–water partition coefficient (Wildman–Crippen LogP) is -0.0784. The fraction of sp³-hybridized carbons (Fsp3) is 0.562. The summed E-state index contributed by atoms with van der Waals surface area (Å²) in [6, 6.07) is 0. The van der Waals surface area contributed by atoms with Gasteiger partial charge in [-0.05, 0) is 13.3 Å². The van der Waals surface area contributed by atoms with E-state index in [2.05, 4.69) is 27.0 Å². The summed E-state index contributed by atoms with van der Waals surface area (Å²) in [6.45, 7) is 5.33. The van der Waals surface area contributed by atoms with Crippen molar-refractivity contribution in [2.45, 2.75) is 43.8 Å². The predicted molar refractivity (Wildman–Crippen MR) is 91.9 cm³/mol. The summed E-state index contributed by atoms with van der Waals surface area (Å²) in [5.41, 5.74) is 2.98. The van der Waals surface area contributed by atoms with Gasteiger partial charge in [-0.25, -0.2) is 20.4 Å². The highest BCUT2D eigenvalue weighted by molar-refractivity contribution is 5.82. The molecule has 3 heterocycles. The lowest BCUT2D eigenvalue weighted by Crippen LogP contribution is -2.45. The van der Waals surface area contributed by atoms with Gasteiger partial charge in [0.05, 0.1) is 20.0 Å². The highest BCUT2D eigenvalue weighted by Gasteiger charge is 2.55. The van der Waals surface area contributed by atoms with Crippen molar-refractivity contribution >= 4 is 17.0 Å². The van der Waals surface area contributed by atoms with Crippen molar-refractivity contribution in [3.05, 3.63) is 24.8 Å². The van der Waals surface area contributed by atoms with Gasteiger partial charge in [0.2, 0.25) is 0 Å². The summed E-state index contributed by atoms with van der Waals surface area (Å²) in [5.74, 6) is 0.359. The molecule has 1 saturated heterocycles. The Kier molecular flexibility index (Phi) is 5.21. The lowest BCUT2D eigenvalue weighted by atomic mass is 9.95. The Labute approximate surface area is 150 Å². The molecular weight excluding hydrogens is 342 g/mol. The van der Waals surface area contributed by atoms with Crippen LogP contribution in [0.5, 0.6) is 0 Å². The van der Waals surface area contributed by atoms with Crippen LogP contribution in [-0.2, 0) is 15.3 Å². The molecule has 1 aliphatic heterocycles. The zero-order valence-corrected chi connectivity index (χ0v) is 14.7. The molecule has 142 valence electrons. The van der Waals surface area contributed by atoms with Crippen LogP contribution in [-0.4, -0.2) is 66.9 Å². The van der Waals surface area contributed by atoms with Crippen molar-refractivity contribution in [2.75, 3.05) is 19.2 Å². The number of aliphatic hydroxyl groups excluding tert-OH is 3. The first-order valence-corrected chi connectivity index (χ1v) is 8.21. The molecule has 2 aromatic rings. The summed E-state index contributed by atoms with van der Waals surface area (Å²) in [7, 11) is 1.45. The van der Waals surface area contributed by atoms with Gasteiger partial charge in [-0.3, -0.25) is 9.40 Å². The van der Waals surface area contributed by atoms with E-state index in [1.807, 2.05) is 6.92 Å². The second-order valence-electron chi connectivity index (χ2n) is 6.39. The summed E-state index contributed by atoms with van der Waals surface area (Å²) >= 11 is 0. The maximum atomic E-state index is 10.8. The number of fused-ring (bicyclic) bond motifs is 1. The lowest BCUT2D eigenvalue weighted by Gasteiger charge is -2.34. The SMILES string of the molecule is C=C(C)CC[C@@]1(n2cnc3c(NOC)ncnc32)O[C@H](CO)[C@@H](O)[C@H]1O. The third kappa shape index (κ3) is 2.95. The molecule has 0 aliphatic carbocycles. The van der Waals surface area contributed by atoms with Gasteiger partial charge in [0.1, 0.15) is 24.6 Å². The number of hydrogen-bond acceptors (Lipinski definition) is 9. The standard InChI is InChI=1S/C16H23N5O5/c1-9(2)4-5-16(13(24)12(23)10(6-22)26-16)21-8-19-11-14(20-25-3)17-7-18-15(11)21/h7-8,10,12-13,22-24H,1,4-6H2,2-3H3,(H,17,18,20)/t10-,12-,13-,16-/m1/s1. The molecule has 4 N–H and O–H groups in total. The van der Waals surface area contributed by atoms with E-state index in [9.17, 15) is 15.3 Å². The first-order valence-electron chi connectivity index (χ1n) is 8.21. The van der Waals surface area contributed by atoms with Gasteiger partial charge in [0.15, 0.2) is 22.7 Å². The van der Waals surface area contributed by atoms with Crippen LogP contribution in [0.25, 0.3) is 11.2 Å². The molecule has 0 bridgehead atoms. The van der Waals surface area contributed by atoms with Gasteiger partial charge >= 0.3 is 0 Å². The topological polar surface area (TPSA) is 135 Å². The van der Waals surface area contributed by atoms with E-state index in [1.165, 1.54) is 19.8 Å². The monoisotopic (exact) mass is 365 g/mol. The fourth-order valence-electron chi connectivity index (χ4n) is 3.22. The van der Waals surface area contributed by atoms with E-state index in [0.29, 0.717) is 29.8 Å². The average Bonchev–Trinajstić information content (AvgIpc) is 3.16. The molecular formula is C16H23N5O5. The average molecular weight is 365 g/mol. The van der Waals surface area contributed by atoms with Crippen molar-refractivity contribution in [3.8, 4) is 0 Å². The number of aromatic nitrogens is 4. The third-order valence-electron chi connectivity index (χ3n) is 4.55. The van der Waals surface area contributed by atoms with Crippen molar-refractivity contribution in [1.82, 2.24) is 19.5 Å². The Hall–Kier alpha value is -2.11. The third-order valence-corrected chi connectivity index (χ3v) is 4.55. The second kappa shape index (κ2) is 7.25. The Morgan fingerprint density at radius 2 is 2.19 bits per heavy atom. The number of nitrogens with zero attached hydrogens (tertiary/aromatic N) is 4. The second-order valence-corrected chi connectivity index (χ2v) is 6.39. The van der Waals surface area contributed by atoms with Crippen LogP contribution in [0.2, 0.25) is 0 Å². The Morgan fingerprint density at radius 1 is 1.42 bits per heavy atom. The largest absolute Gasteiger partial charge is 0.394 e. The normalized spacial score (nSPS) is 28.6. The molecule has 0 saturated carbocycles. The summed E-state index contributed by atoms with van der Waals surface area (Å²) in [6.07, 6.45) is 0.191. The molecule has 0 aromatic carbocycles. The zero-order chi connectivity index (χ0) is 18.9. The van der Waals surface area contributed by atoms with Crippen molar-refractivity contribution in [2.24, 2.45) is 0 Å². The molecule has 1 fully saturated rings. The van der Waals surface area contributed by atoms with Crippen LogP contribution in [0.15, 0.2) is 24.8 Å². The van der Waals surface area contributed by atoms with Crippen molar-refractivity contribution in [3.63, 3.8) is 0 Å². The van der Waals surface area contributed by atoms with Crippen LogP contribution in [0.1, 0.15) is 19.8 Å². The summed E-state index contributed by atoms with van der Waals surface area (Å²) in [5, 5.41) is 30.6. The number of imidazole rings is 1. The first-order chi connectivity index (χ1) is 12.4. The van der Waals surface area contributed by atoms with Gasteiger partial charge in [-0.1, -0.05) is 5.57 Å². The number of anilines is 1. The van der Waals surface area contributed by atoms with Crippen LogP contribution < -0.4 is 5.48 Å². The van der Waals surface area contributed by atoms with E-state index >= 15 is 0 Å². The molecule has 4 atom stereocenters. The molecule has 2 aromatic heterocycles. The molecule has 0 radical (unpaired) electrons. The number of allylic oxidation sites excluding steroid dienone is 1. The molecule has 10 heteroatoms. The Morgan fingerprint density at radius 3 is 2.81 bits per heavy atom. The van der Waals surface area contributed by atoms with Crippen LogP contribution >= 0.6 is 0 Å². The van der Waals surface area contributed by atoms with Gasteiger partial charge in [0, 0.05) is 6.42 Å². The lowest BCUT2D eigenvalue weighted by molar-refractivity contribution is -0.150. The molecule has 0 spiro atoms. The fourth-order valence-corrected chi connectivity index (χ4v) is 3.22. The van der Waals surface area contributed by atoms with Crippen molar-refractivity contribution < 1.29 is 24.9 Å². The first kappa shape index (κ1) is 18.7. The van der Waals surface area contributed by atoms with E-state index in [0.717, 1.165) is 5.57 Å². The maximum absolute atomic E-state index is 10.8. The van der Waals surface area contributed by atoms with Gasteiger partial charge < -0.3 is 20.1 Å². The highest BCUT2D eigenvalue weighted by atomic mass is 16.6. The molecule has 3 rings (SSSR count). The quantitative estimate of drug-likeness (QED) is 0.392. The van der Waals surface area contributed by atoms with Crippen LogP contribution in [0, 0.1) is 0 Å². The summed E-state index contributed by atoms with van der Waals surface area (Å²) in [4.78, 5) is 17.5. The van der Waals surface area contributed by atoms with Crippen LogP contribution in [0.4, 0.5) is 5.82 Å². The summed E-state index contributed by atoms with van der Waals surface area (Å²) < 4.78 is 7.51. The zero-order valence-electron chi connectivity index (χ0n) is 14.7. The van der Waals surface area contributed by atoms with E-state index in [4.69, 9.17) is 9.57 Å². The van der Waals surface area contributed by atoms with E-state index < -0.39 is 30.6 Å². The van der Waals surface area contributed by atoms with E-state index in [1.54, 1.807) is 4.57 Å². The van der Waals surface area contributed by atoms with Gasteiger partial charge in [-0.2, -0.15) is 0 Å². The van der Waals surface area contributed by atoms with Gasteiger partial charge in [-0.15, -0.1) is 6.58 Å². The number of hydrogen-bond donors (Lipinski definition) is 4. The minimum absolute atomic E-state index is 0.319. The van der Waals surface area contributed by atoms with Gasteiger partial charge in [0.25, 0.3) is 0 Å². The maximum Gasteiger partial charge on any atom is 0.181 e. The van der Waals surface area contributed by atoms with Crippen LogP contribution in [0.3, 0.4) is 0 Å². The minimum Gasteiger partial charge on any atom is -0.394 e. The molecule has 0 unspecified atom stereocenters. The molecule has 26 heavy (non-hydrogen) atoms. The number of rotatable bonds is 7. The smallest absolute Gasteiger partial charge is 0.181 e. The molecule has 0 amide bonds. The molecule has 1 aliphatic rings. The number of aliphatic hydroxyl groups is 3. The minimum atomic E-state index is -1.35. The van der Waals surface area contributed by atoms with Crippen molar-refractivity contribution in [1.29, 1.82) is 0 Å². The van der Waals surface area contributed by atoms with E-state index in [-0.39, 0.29) is 0 Å². The Bertz CT molecular complexity index is 796. The highest BCUT2D eigenvalue weighted by Crippen LogP contribution is 2.41. The number of nitrogens with one attached hydrogen (secondary N) is 1. The molecule has 10 nitrogen and oxygen atoms in total. The Balaban J connectivity index is 2.12.